The van der Waals surface area contributed by atoms with Crippen molar-refractivity contribution in [2.75, 3.05) is 26.7 Å². The molecule has 0 amide bonds. The minimum absolute atomic E-state index is 0.121. The van der Waals surface area contributed by atoms with Gasteiger partial charge >= 0.3 is 0 Å². The van der Waals surface area contributed by atoms with Gasteiger partial charge in [-0.25, -0.2) is 0 Å². The lowest BCUT2D eigenvalue weighted by Crippen LogP contribution is -2.36. The molecule has 1 fully saturated rings. The Bertz CT molecular complexity index is 380. The Hall–Kier alpha value is -0.570. The van der Waals surface area contributed by atoms with Gasteiger partial charge in [-0.1, -0.05) is 23.7 Å². The number of rotatable bonds is 2. The minimum Gasteiger partial charge on any atom is -0.330 e. The molecular formula is C14H21ClN2. The Labute approximate surface area is 109 Å². The highest BCUT2D eigenvalue weighted by Gasteiger charge is 2.32. The lowest BCUT2D eigenvalue weighted by molar-refractivity contribution is 0.329. The van der Waals surface area contributed by atoms with E-state index in [9.17, 15) is 0 Å². The van der Waals surface area contributed by atoms with Crippen LogP contribution in [0.2, 0.25) is 5.02 Å². The van der Waals surface area contributed by atoms with Crippen LogP contribution in [-0.4, -0.2) is 31.6 Å². The molecule has 1 heterocycles. The Balaban J connectivity index is 2.29. The smallest absolute Gasteiger partial charge is 0.0408 e. The average Bonchev–Trinajstić information content (AvgIpc) is 2.52. The van der Waals surface area contributed by atoms with Gasteiger partial charge in [0.2, 0.25) is 0 Å². The van der Waals surface area contributed by atoms with Crippen molar-refractivity contribution >= 4 is 11.6 Å². The van der Waals surface area contributed by atoms with E-state index in [4.69, 9.17) is 17.3 Å². The van der Waals surface area contributed by atoms with E-state index < -0.39 is 0 Å². The molecule has 1 saturated heterocycles. The van der Waals surface area contributed by atoms with Crippen molar-refractivity contribution < 1.29 is 0 Å². The van der Waals surface area contributed by atoms with E-state index in [0.29, 0.717) is 6.54 Å². The Morgan fingerprint density at radius 1 is 1.35 bits per heavy atom. The van der Waals surface area contributed by atoms with Crippen molar-refractivity contribution in [1.82, 2.24) is 4.90 Å². The van der Waals surface area contributed by atoms with Gasteiger partial charge in [0.1, 0.15) is 0 Å². The highest BCUT2D eigenvalue weighted by molar-refractivity contribution is 6.30. The molecule has 17 heavy (non-hydrogen) atoms. The highest BCUT2D eigenvalue weighted by atomic mass is 35.5. The summed E-state index contributed by atoms with van der Waals surface area (Å²) in [5.41, 5.74) is 7.50. The molecule has 2 N–H and O–H groups in total. The van der Waals surface area contributed by atoms with Gasteiger partial charge in [-0.2, -0.15) is 0 Å². The second-order valence-electron chi connectivity index (χ2n) is 5.15. The molecule has 1 aliphatic rings. The maximum atomic E-state index is 6.10. The first-order valence-electron chi connectivity index (χ1n) is 6.31. The van der Waals surface area contributed by atoms with E-state index in [2.05, 4.69) is 24.1 Å². The van der Waals surface area contributed by atoms with Crippen LogP contribution in [-0.2, 0) is 5.41 Å². The van der Waals surface area contributed by atoms with Crippen molar-refractivity contribution in [1.29, 1.82) is 0 Å². The molecule has 0 saturated carbocycles. The van der Waals surface area contributed by atoms with Gasteiger partial charge < -0.3 is 10.6 Å². The molecule has 1 aromatic carbocycles. The van der Waals surface area contributed by atoms with E-state index in [0.717, 1.165) is 24.4 Å². The predicted molar refractivity (Wildman–Crippen MR) is 73.5 cm³/mol. The molecule has 2 nitrogen and oxygen atoms in total. The summed E-state index contributed by atoms with van der Waals surface area (Å²) in [4.78, 5) is 2.39. The molecule has 0 radical (unpaired) electrons. The van der Waals surface area contributed by atoms with Crippen LogP contribution < -0.4 is 5.73 Å². The zero-order valence-corrected chi connectivity index (χ0v) is 11.2. The normalized spacial score (nSPS) is 26.8. The largest absolute Gasteiger partial charge is 0.330 e. The van der Waals surface area contributed by atoms with Crippen LogP contribution in [0.3, 0.4) is 0 Å². The summed E-state index contributed by atoms with van der Waals surface area (Å²) >= 11 is 6.10. The van der Waals surface area contributed by atoms with Crippen molar-refractivity contribution in [3.63, 3.8) is 0 Å². The summed E-state index contributed by atoms with van der Waals surface area (Å²) in [6.07, 6.45) is 3.49. The van der Waals surface area contributed by atoms with Gasteiger partial charge in [-0.3, -0.25) is 0 Å². The van der Waals surface area contributed by atoms with Gasteiger partial charge in [0.15, 0.2) is 0 Å². The number of nitrogens with zero attached hydrogens (tertiary/aromatic N) is 1. The maximum Gasteiger partial charge on any atom is 0.0408 e. The van der Waals surface area contributed by atoms with Crippen LogP contribution in [0.4, 0.5) is 0 Å². The fraction of sp³-hybridized carbons (Fsp3) is 0.571. The monoisotopic (exact) mass is 252 g/mol. The first kappa shape index (κ1) is 12.9. The van der Waals surface area contributed by atoms with Gasteiger partial charge in [-0.15, -0.1) is 0 Å². The molecule has 0 spiro atoms. The van der Waals surface area contributed by atoms with Crippen LogP contribution in [0.1, 0.15) is 24.8 Å². The number of halogens is 1. The third-order valence-corrected chi connectivity index (χ3v) is 4.23. The van der Waals surface area contributed by atoms with Crippen LogP contribution >= 0.6 is 11.6 Å². The van der Waals surface area contributed by atoms with E-state index in [-0.39, 0.29) is 5.41 Å². The standard InChI is InChI=1S/C14H21ClN2/c1-17-8-3-6-14(11-16,7-9-17)12-4-2-5-13(15)10-12/h2,4-5,10H,3,6-9,11,16H2,1H3. The van der Waals surface area contributed by atoms with Crippen molar-refractivity contribution in [3.05, 3.63) is 34.9 Å². The summed E-state index contributed by atoms with van der Waals surface area (Å²) in [5.74, 6) is 0. The zero-order valence-electron chi connectivity index (χ0n) is 10.5. The Morgan fingerprint density at radius 3 is 2.88 bits per heavy atom. The minimum atomic E-state index is 0.121. The molecule has 1 unspecified atom stereocenters. The number of benzene rings is 1. The van der Waals surface area contributed by atoms with Gasteiger partial charge in [0.25, 0.3) is 0 Å². The summed E-state index contributed by atoms with van der Waals surface area (Å²) in [6.45, 7) is 2.99. The zero-order chi connectivity index (χ0) is 12.3. The van der Waals surface area contributed by atoms with Gasteiger partial charge in [0, 0.05) is 17.0 Å². The molecule has 94 valence electrons. The van der Waals surface area contributed by atoms with E-state index in [1.54, 1.807) is 0 Å². The third kappa shape index (κ3) is 2.82. The summed E-state index contributed by atoms with van der Waals surface area (Å²) in [7, 11) is 2.19. The summed E-state index contributed by atoms with van der Waals surface area (Å²) in [5, 5.41) is 0.813. The summed E-state index contributed by atoms with van der Waals surface area (Å²) in [6, 6.07) is 8.21. The summed E-state index contributed by atoms with van der Waals surface area (Å²) < 4.78 is 0. The van der Waals surface area contributed by atoms with Crippen molar-refractivity contribution in [3.8, 4) is 0 Å². The second kappa shape index (κ2) is 5.38. The predicted octanol–water partition coefficient (Wildman–Crippen LogP) is 2.65. The van der Waals surface area contributed by atoms with Crippen LogP contribution in [0.5, 0.6) is 0 Å². The molecule has 1 aromatic rings. The van der Waals surface area contributed by atoms with E-state index in [1.807, 2.05) is 12.1 Å². The molecule has 1 aliphatic heterocycles. The Morgan fingerprint density at radius 2 is 2.18 bits per heavy atom. The van der Waals surface area contributed by atoms with E-state index in [1.165, 1.54) is 18.5 Å². The first-order chi connectivity index (χ1) is 8.16. The first-order valence-corrected chi connectivity index (χ1v) is 6.69. The van der Waals surface area contributed by atoms with Crippen LogP contribution in [0.25, 0.3) is 0 Å². The topological polar surface area (TPSA) is 29.3 Å². The molecule has 3 heteroatoms. The molecule has 0 bridgehead atoms. The number of hydrogen-bond acceptors (Lipinski definition) is 2. The van der Waals surface area contributed by atoms with Crippen LogP contribution in [0, 0.1) is 0 Å². The SMILES string of the molecule is CN1CCCC(CN)(c2cccc(Cl)c2)CC1. The van der Waals surface area contributed by atoms with Crippen molar-refractivity contribution in [2.24, 2.45) is 5.73 Å². The second-order valence-corrected chi connectivity index (χ2v) is 5.59. The molecule has 2 rings (SSSR count). The number of likely N-dealkylation sites (tertiary alicyclic amines) is 1. The highest BCUT2D eigenvalue weighted by Crippen LogP contribution is 2.35. The molecular weight excluding hydrogens is 232 g/mol. The lowest BCUT2D eigenvalue weighted by atomic mass is 9.74. The van der Waals surface area contributed by atoms with Gasteiger partial charge in [-0.05, 0) is 57.1 Å². The fourth-order valence-corrected chi connectivity index (χ4v) is 2.95. The quantitative estimate of drug-likeness (QED) is 0.877. The molecule has 1 atom stereocenters. The third-order valence-electron chi connectivity index (χ3n) is 3.99. The lowest BCUT2D eigenvalue weighted by Gasteiger charge is -2.32. The maximum absolute atomic E-state index is 6.10. The fourth-order valence-electron chi connectivity index (χ4n) is 2.76. The van der Waals surface area contributed by atoms with E-state index >= 15 is 0 Å². The molecule has 0 aliphatic carbocycles. The Kier molecular flexibility index (Phi) is 4.08. The van der Waals surface area contributed by atoms with Crippen molar-refractivity contribution in [2.45, 2.75) is 24.7 Å². The van der Waals surface area contributed by atoms with Gasteiger partial charge in [0.05, 0.1) is 0 Å². The number of hydrogen-bond donors (Lipinski definition) is 1. The average molecular weight is 253 g/mol. The van der Waals surface area contributed by atoms with Crippen LogP contribution in [0.15, 0.2) is 24.3 Å². The number of nitrogens with two attached hydrogens (primary N) is 1. The molecule has 0 aromatic heterocycles.